The molecule has 0 radical (unpaired) electrons. The molecule has 0 aliphatic rings. The summed E-state index contributed by atoms with van der Waals surface area (Å²) in [5, 5.41) is 10.4. The van der Waals surface area contributed by atoms with Gasteiger partial charge in [-0.25, -0.2) is 0 Å². The molecule has 2 nitrogen and oxygen atoms in total. The fraction of sp³-hybridized carbons (Fsp3) is 0.222. The second kappa shape index (κ2) is 2.84. The summed E-state index contributed by atoms with van der Waals surface area (Å²) in [7, 11) is 0. The maximum absolute atomic E-state index is 9.35. The van der Waals surface area contributed by atoms with Gasteiger partial charge in [0.05, 0.1) is 16.5 Å². The Hall–Kier alpha value is -0.930. The fourth-order valence-electron chi connectivity index (χ4n) is 1.21. The minimum atomic E-state index is -0.471. The van der Waals surface area contributed by atoms with Crippen LogP contribution in [-0.2, 0) is 0 Å². The molecule has 1 N–H and O–H groups in total. The van der Waals surface area contributed by atoms with Crippen molar-refractivity contribution in [3.63, 3.8) is 0 Å². The molecule has 12 heavy (non-hydrogen) atoms. The van der Waals surface area contributed by atoms with Gasteiger partial charge in [-0.05, 0) is 24.5 Å². The Morgan fingerprint density at radius 3 is 2.92 bits per heavy atom. The lowest BCUT2D eigenvalue weighted by atomic mass is 10.2. The van der Waals surface area contributed by atoms with Crippen LogP contribution in [0, 0.1) is 0 Å². The lowest BCUT2D eigenvalue weighted by Crippen LogP contribution is -1.90. The molecule has 0 spiro atoms. The molecular formula is C9H9NOS. The molecule has 0 amide bonds. The van der Waals surface area contributed by atoms with E-state index in [0.717, 1.165) is 15.8 Å². The number of benzene rings is 1. The number of aromatic nitrogens is 1. The molecule has 0 saturated heterocycles. The Labute approximate surface area is 74.6 Å². The van der Waals surface area contributed by atoms with Crippen molar-refractivity contribution in [1.29, 1.82) is 0 Å². The molecule has 0 fully saturated rings. The number of rotatable bonds is 1. The highest BCUT2D eigenvalue weighted by Crippen LogP contribution is 2.26. The summed E-state index contributed by atoms with van der Waals surface area (Å²) in [5.74, 6) is 0. The third kappa shape index (κ3) is 1.11. The number of hydrogen-bond donors (Lipinski definition) is 1. The molecule has 0 saturated carbocycles. The first kappa shape index (κ1) is 7.71. The summed E-state index contributed by atoms with van der Waals surface area (Å²) < 4.78 is 5.32. The van der Waals surface area contributed by atoms with Crippen LogP contribution < -0.4 is 0 Å². The predicted octanol–water partition coefficient (Wildman–Crippen LogP) is 2.35. The monoisotopic (exact) mass is 179 g/mol. The van der Waals surface area contributed by atoms with Crippen molar-refractivity contribution in [3.05, 3.63) is 30.0 Å². The highest BCUT2D eigenvalue weighted by Gasteiger charge is 2.09. The van der Waals surface area contributed by atoms with Crippen molar-refractivity contribution in [2.75, 3.05) is 0 Å². The van der Waals surface area contributed by atoms with E-state index in [1.165, 1.54) is 11.5 Å². The first-order valence-electron chi connectivity index (χ1n) is 3.81. The number of hydrogen-bond acceptors (Lipinski definition) is 3. The van der Waals surface area contributed by atoms with Crippen molar-refractivity contribution in [2.24, 2.45) is 0 Å². The van der Waals surface area contributed by atoms with Gasteiger partial charge < -0.3 is 5.11 Å². The molecule has 0 aliphatic carbocycles. The lowest BCUT2D eigenvalue weighted by molar-refractivity contribution is 0.197. The smallest absolute Gasteiger partial charge is 0.0948 e. The molecule has 2 aromatic rings. The molecule has 62 valence electrons. The van der Waals surface area contributed by atoms with E-state index in [9.17, 15) is 5.11 Å². The first-order chi connectivity index (χ1) is 5.79. The Bertz CT molecular complexity index is 394. The minimum absolute atomic E-state index is 0.471. The van der Waals surface area contributed by atoms with Crippen LogP contribution in [0.15, 0.2) is 24.3 Å². The van der Waals surface area contributed by atoms with E-state index >= 15 is 0 Å². The molecule has 1 atom stereocenters. The van der Waals surface area contributed by atoms with E-state index in [1.807, 2.05) is 24.3 Å². The number of aliphatic hydroxyl groups is 1. The van der Waals surface area contributed by atoms with Crippen molar-refractivity contribution in [2.45, 2.75) is 13.0 Å². The van der Waals surface area contributed by atoms with Gasteiger partial charge in [-0.15, -0.1) is 0 Å². The van der Waals surface area contributed by atoms with E-state index in [4.69, 9.17) is 0 Å². The van der Waals surface area contributed by atoms with Crippen LogP contribution in [0.1, 0.15) is 18.7 Å². The third-order valence-electron chi connectivity index (χ3n) is 1.80. The van der Waals surface area contributed by atoms with Crippen LogP contribution in [0.25, 0.3) is 10.1 Å². The summed E-state index contributed by atoms with van der Waals surface area (Å²) in [6.07, 6.45) is -0.471. The zero-order chi connectivity index (χ0) is 8.55. The average molecular weight is 179 g/mol. The largest absolute Gasteiger partial charge is 0.387 e. The van der Waals surface area contributed by atoms with E-state index in [2.05, 4.69) is 4.37 Å². The van der Waals surface area contributed by atoms with Gasteiger partial charge in [0.1, 0.15) is 0 Å². The maximum atomic E-state index is 9.35. The quantitative estimate of drug-likeness (QED) is 0.729. The van der Waals surface area contributed by atoms with Crippen LogP contribution in [0.5, 0.6) is 0 Å². The van der Waals surface area contributed by atoms with Crippen molar-refractivity contribution in [3.8, 4) is 0 Å². The van der Waals surface area contributed by atoms with Gasteiger partial charge in [0, 0.05) is 5.39 Å². The molecule has 1 heterocycles. The van der Waals surface area contributed by atoms with Crippen LogP contribution in [-0.4, -0.2) is 9.48 Å². The number of aliphatic hydroxyl groups excluding tert-OH is 1. The maximum Gasteiger partial charge on any atom is 0.0948 e. The standard InChI is InChI=1S/C9H9NOS/c1-6(11)9-7-4-2-3-5-8(7)12-10-9/h2-6,11H,1H3. The van der Waals surface area contributed by atoms with Gasteiger partial charge in [-0.3, -0.25) is 0 Å². The highest BCUT2D eigenvalue weighted by atomic mass is 32.1. The van der Waals surface area contributed by atoms with E-state index in [1.54, 1.807) is 6.92 Å². The third-order valence-corrected chi connectivity index (χ3v) is 2.64. The van der Waals surface area contributed by atoms with E-state index in [0.29, 0.717) is 0 Å². The predicted molar refractivity (Wildman–Crippen MR) is 50.3 cm³/mol. The van der Waals surface area contributed by atoms with Crippen LogP contribution in [0.2, 0.25) is 0 Å². The van der Waals surface area contributed by atoms with Gasteiger partial charge >= 0.3 is 0 Å². The fourth-order valence-corrected chi connectivity index (χ4v) is 2.06. The summed E-state index contributed by atoms with van der Waals surface area (Å²) in [4.78, 5) is 0. The Morgan fingerprint density at radius 1 is 1.42 bits per heavy atom. The molecule has 2 rings (SSSR count). The molecule has 1 aromatic carbocycles. The zero-order valence-electron chi connectivity index (χ0n) is 6.69. The van der Waals surface area contributed by atoms with Gasteiger partial charge in [-0.2, -0.15) is 4.37 Å². The second-order valence-corrected chi connectivity index (χ2v) is 3.54. The van der Waals surface area contributed by atoms with Crippen molar-refractivity contribution >= 4 is 21.6 Å². The van der Waals surface area contributed by atoms with Gasteiger partial charge in [0.2, 0.25) is 0 Å². The topological polar surface area (TPSA) is 33.1 Å². The van der Waals surface area contributed by atoms with Crippen LogP contribution in [0.4, 0.5) is 0 Å². The molecular weight excluding hydrogens is 170 g/mol. The minimum Gasteiger partial charge on any atom is -0.387 e. The normalized spacial score (nSPS) is 13.5. The summed E-state index contributed by atoms with van der Waals surface area (Å²) in [5.41, 5.74) is 0.788. The first-order valence-corrected chi connectivity index (χ1v) is 4.59. The van der Waals surface area contributed by atoms with Gasteiger partial charge in [-0.1, -0.05) is 18.2 Å². The van der Waals surface area contributed by atoms with E-state index in [-0.39, 0.29) is 0 Å². The lowest BCUT2D eigenvalue weighted by Gasteiger charge is -1.98. The number of nitrogens with zero attached hydrogens (tertiary/aromatic N) is 1. The Balaban J connectivity index is 2.70. The SMILES string of the molecule is CC(O)c1nsc2ccccc12. The van der Waals surface area contributed by atoms with Crippen molar-refractivity contribution < 1.29 is 5.11 Å². The molecule has 3 heteroatoms. The molecule has 0 aliphatic heterocycles. The summed E-state index contributed by atoms with van der Waals surface area (Å²) >= 11 is 1.43. The van der Waals surface area contributed by atoms with Crippen LogP contribution >= 0.6 is 11.5 Å². The van der Waals surface area contributed by atoms with Gasteiger partial charge in [0.25, 0.3) is 0 Å². The Morgan fingerprint density at radius 2 is 2.17 bits per heavy atom. The van der Waals surface area contributed by atoms with Crippen LogP contribution in [0.3, 0.4) is 0 Å². The second-order valence-electron chi connectivity index (χ2n) is 2.74. The molecule has 0 bridgehead atoms. The molecule has 1 aromatic heterocycles. The van der Waals surface area contributed by atoms with Gasteiger partial charge in [0.15, 0.2) is 0 Å². The summed E-state index contributed by atoms with van der Waals surface area (Å²) in [6, 6.07) is 7.94. The van der Waals surface area contributed by atoms with E-state index < -0.39 is 6.10 Å². The zero-order valence-corrected chi connectivity index (χ0v) is 7.51. The highest BCUT2D eigenvalue weighted by molar-refractivity contribution is 7.13. The average Bonchev–Trinajstić information content (AvgIpc) is 2.47. The molecule has 1 unspecified atom stereocenters. The van der Waals surface area contributed by atoms with Crippen molar-refractivity contribution in [1.82, 2.24) is 4.37 Å². The summed E-state index contributed by atoms with van der Waals surface area (Å²) in [6.45, 7) is 1.74. The number of fused-ring (bicyclic) bond motifs is 1. The Kier molecular flexibility index (Phi) is 1.83.